The van der Waals surface area contributed by atoms with Crippen LogP contribution in [0.4, 0.5) is 16.2 Å². The number of benzene rings is 3. The number of ether oxygens (including phenoxy) is 1. The number of aryl methyl sites for hydroxylation is 1. The quantitative estimate of drug-likeness (QED) is 0.435. The molecule has 0 unspecified atom stereocenters. The fraction of sp³-hybridized carbons (Fsp3) is 0.136. The summed E-state index contributed by atoms with van der Waals surface area (Å²) in [5.74, 6) is 0. The minimum Gasteiger partial charge on any atom is -0.444 e. The molecule has 3 aromatic rings. The Morgan fingerprint density at radius 2 is 1.57 bits per heavy atom. The molecule has 0 N–H and O–H groups in total. The number of nitro groups is 1. The van der Waals surface area contributed by atoms with Crippen LogP contribution >= 0.6 is 0 Å². The number of anilines is 1. The number of carbonyl (C=O) groups is 1. The Morgan fingerprint density at radius 1 is 0.964 bits per heavy atom. The minimum atomic E-state index is -0.510. The van der Waals surface area contributed by atoms with Crippen molar-refractivity contribution in [3.63, 3.8) is 0 Å². The van der Waals surface area contributed by atoms with E-state index in [4.69, 9.17) is 4.74 Å². The standard InChI is InChI=1S/C22H20N2O4/c1-17-14-20(24(26)27)12-13-21(17)23(15-18-8-4-2-5-9-18)22(25)28-16-19-10-6-3-7-11-19/h2-14H,15-16H2,1H3. The first-order valence-corrected chi connectivity index (χ1v) is 8.82. The normalized spacial score (nSPS) is 10.3. The predicted octanol–water partition coefficient (Wildman–Crippen LogP) is 5.25. The van der Waals surface area contributed by atoms with Crippen LogP contribution in [0.1, 0.15) is 16.7 Å². The van der Waals surface area contributed by atoms with Crippen molar-refractivity contribution in [2.45, 2.75) is 20.1 Å². The Labute approximate surface area is 163 Å². The lowest BCUT2D eigenvalue weighted by molar-refractivity contribution is -0.384. The number of nitro benzene ring substituents is 1. The van der Waals surface area contributed by atoms with Gasteiger partial charge >= 0.3 is 6.09 Å². The number of nitrogens with zero attached hydrogens (tertiary/aromatic N) is 2. The van der Waals surface area contributed by atoms with Crippen LogP contribution in [-0.2, 0) is 17.9 Å². The van der Waals surface area contributed by atoms with E-state index in [1.807, 2.05) is 60.7 Å². The van der Waals surface area contributed by atoms with Gasteiger partial charge in [-0.1, -0.05) is 60.7 Å². The van der Waals surface area contributed by atoms with Gasteiger partial charge in [-0.15, -0.1) is 0 Å². The summed E-state index contributed by atoms with van der Waals surface area (Å²) in [6.45, 7) is 2.19. The maximum Gasteiger partial charge on any atom is 0.414 e. The van der Waals surface area contributed by atoms with Crippen molar-refractivity contribution in [2.24, 2.45) is 0 Å². The van der Waals surface area contributed by atoms with E-state index in [9.17, 15) is 14.9 Å². The molecule has 142 valence electrons. The van der Waals surface area contributed by atoms with Crippen molar-refractivity contribution in [3.8, 4) is 0 Å². The maximum atomic E-state index is 12.9. The van der Waals surface area contributed by atoms with Crippen LogP contribution in [0.2, 0.25) is 0 Å². The molecule has 0 aromatic heterocycles. The van der Waals surface area contributed by atoms with Gasteiger partial charge in [-0.2, -0.15) is 0 Å². The molecule has 1 amide bonds. The third-order valence-corrected chi connectivity index (χ3v) is 4.29. The molecular weight excluding hydrogens is 356 g/mol. The maximum absolute atomic E-state index is 12.9. The third kappa shape index (κ3) is 4.73. The molecule has 28 heavy (non-hydrogen) atoms. The highest BCUT2D eigenvalue weighted by Crippen LogP contribution is 2.27. The lowest BCUT2D eigenvalue weighted by Crippen LogP contribution is -2.31. The Bertz CT molecular complexity index is 959. The molecule has 0 aliphatic carbocycles. The highest BCUT2D eigenvalue weighted by atomic mass is 16.6. The minimum absolute atomic E-state index is 0.0152. The number of hydrogen-bond acceptors (Lipinski definition) is 4. The number of carbonyl (C=O) groups excluding carboxylic acids is 1. The van der Waals surface area contributed by atoms with E-state index in [2.05, 4.69) is 0 Å². The molecule has 0 bridgehead atoms. The molecule has 0 heterocycles. The number of rotatable bonds is 6. The predicted molar refractivity (Wildman–Crippen MR) is 107 cm³/mol. The highest BCUT2D eigenvalue weighted by molar-refractivity contribution is 5.88. The Kier molecular flexibility index (Phi) is 6.01. The zero-order chi connectivity index (χ0) is 19.9. The average Bonchev–Trinajstić information content (AvgIpc) is 2.72. The summed E-state index contributed by atoms with van der Waals surface area (Å²) in [6.07, 6.45) is -0.510. The molecule has 0 aliphatic heterocycles. The second kappa shape index (κ2) is 8.81. The topological polar surface area (TPSA) is 72.7 Å². The van der Waals surface area contributed by atoms with Gasteiger partial charge in [0, 0.05) is 12.1 Å². The lowest BCUT2D eigenvalue weighted by Gasteiger charge is -2.24. The van der Waals surface area contributed by atoms with Gasteiger partial charge in [0.15, 0.2) is 0 Å². The fourth-order valence-corrected chi connectivity index (χ4v) is 2.87. The largest absolute Gasteiger partial charge is 0.444 e. The average molecular weight is 376 g/mol. The summed E-state index contributed by atoms with van der Waals surface area (Å²) in [5.41, 5.74) is 3.00. The van der Waals surface area contributed by atoms with Crippen molar-refractivity contribution in [2.75, 3.05) is 4.90 Å². The van der Waals surface area contributed by atoms with Gasteiger partial charge in [-0.25, -0.2) is 4.79 Å². The third-order valence-electron chi connectivity index (χ3n) is 4.29. The first kappa shape index (κ1) is 19.1. The molecule has 6 heteroatoms. The number of hydrogen-bond donors (Lipinski definition) is 0. The molecule has 6 nitrogen and oxygen atoms in total. The van der Waals surface area contributed by atoms with Crippen LogP contribution in [0.25, 0.3) is 0 Å². The van der Waals surface area contributed by atoms with E-state index in [1.165, 1.54) is 17.0 Å². The molecule has 0 saturated carbocycles. The van der Waals surface area contributed by atoms with E-state index in [0.717, 1.165) is 11.1 Å². The van der Waals surface area contributed by atoms with Gasteiger partial charge < -0.3 is 4.74 Å². The molecule has 0 radical (unpaired) electrons. The van der Waals surface area contributed by atoms with Gasteiger partial charge in [0.05, 0.1) is 17.2 Å². The second-order valence-corrected chi connectivity index (χ2v) is 6.34. The number of non-ortho nitro benzene ring substituents is 1. The summed E-state index contributed by atoms with van der Waals surface area (Å²) < 4.78 is 5.50. The molecule has 3 aromatic carbocycles. The van der Waals surface area contributed by atoms with Gasteiger partial charge in [-0.05, 0) is 29.7 Å². The smallest absolute Gasteiger partial charge is 0.414 e. The first-order valence-electron chi connectivity index (χ1n) is 8.82. The van der Waals surface area contributed by atoms with E-state index < -0.39 is 11.0 Å². The first-order chi connectivity index (χ1) is 13.5. The molecule has 0 fully saturated rings. The van der Waals surface area contributed by atoms with Crippen molar-refractivity contribution < 1.29 is 14.5 Å². The molecule has 0 aliphatic rings. The summed E-state index contributed by atoms with van der Waals surface area (Å²) in [6, 6.07) is 23.4. The molecule has 0 spiro atoms. The van der Waals surface area contributed by atoms with Gasteiger partial charge in [0.25, 0.3) is 5.69 Å². The van der Waals surface area contributed by atoms with Crippen LogP contribution < -0.4 is 4.90 Å². The summed E-state index contributed by atoms with van der Waals surface area (Å²) in [7, 11) is 0. The molecule has 0 atom stereocenters. The Morgan fingerprint density at radius 3 is 2.14 bits per heavy atom. The van der Waals surface area contributed by atoms with Gasteiger partial charge in [0.2, 0.25) is 0 Å². The van der Waals surface area contributed by atoms with Crippen LogP contribution in [0, 0.1) is 17.0 Å². The van der Waals surface area contributed by atoms with Crippen LogP contribution in [0.3, 0.4) is 0 Å². The van der Waals surface area contributed by atoms with Crippen molar-refractivity contribution >= 4 is 17.5 Å². The van der Waals surface area contributed by atoms with Crippen molar-refractivity contribution in [1.29, 1.82) is 0 Å². The number of amides is 1. The summed E-state index contributed by atoms with van der Waals surface area (Å²) in [5, 5.41) is 11.0. The monoisotopic (exact) mass is 376 g/mol. The summed E-state index contributed by atoms with van der Waals surface area (Å²) >= 11 is 0. The summed E-state index contributed by atoms with van der Waals surface area (Å²) in [4.78, 5) is 24.9. The van der Waals surface area contributed by atoms with Gasteiger partial charge in [-0.3, -0.25) is 15.0 Å². The zero-order valence-electron chi connectivity index (χ0n) is 15.4. The Balaban J connectivity index is 1.86. The van der Waals surface area contributed by atoms with Gasteiger partial charge in [0.1, 0.15) is 6.61 Å². The van der Waals surface area contributed by atoms with E-state index >= 15 is 0 Å². The van der Waals surface area contributed by atoms with E-state index in [0.29, 0.717) is 17.8 Å². The van der Waals surface area contributed by atoms with E-state index in [-0.39, 0.29) is 12.3 Å². The van der Waals surface area contributed by atoms with E-state index in [1.54, 1.807) is 13.0 Å². The SMILES string of the molecule is Cc1cc([N+](=O)[O-])ccc1N(Cc1ccccc1)C(=O)OCc1ccccc1. The van der Waals surface area contributed by atoms with Crippen molar-refractivity contribution in [1.82, 2.24) is 0 Å². The lowest BCUT2D eigenvalue weighted by atomic mass is 10.1. The molecule has 0 saturated heterocycles. The van der Waals surface area contributed by atoms with Crippen molar-refractivity contribution in [3.05, 3.63) is 106 Å². The highest BCUT2D eigenvalue weighted by Gasteiger charge is 2.21. The van der Waals surface area contributed by atoms with Crippen LogP contribution in [0.5, 0.6) is 0 Å². The van der Waals surface area contributed by atoms with Crippen LogP contribution in [-0.4, -0.2) is 11.0 Å². The second-order valence-electron chi connectivity index (χ2n) is 6.34. The zero-order valence-corrected chi connectivity index (χ0v) is 15.4. The van der Waals surface area contributed by atoms with Crippen LogP contribution in [0.15, 0.2) is 78.9 Å². The fourth-order valence-electron chi connectivity index (χ4n) is 2.87. The molecular formula is C22H20N2O4. The Hall–Kier alpha value is -3.67. The molecule has 3 rings (SSSR count).